The van der Waals surface area contributed by atoms with E-state index < -0.39 is 0 Å². The van der Waals surface area contributed by atoms with Crippen molar-refractivity contribution in [3.8, 4) is 0 Å². The molecule has 11 heavy (non-hydrogen) atoms. The van der Waals surface area contributed by atoms with Gasteiger partial charge in [-0.15, -0.1) is 0 Å². The lowest BCUT2D eigenvalue weighted by Gasteiger charge is -2.08. The highest BCUT2D eigenvalue weighted by Crippen LogP contribution is 1.70. The van der Waals surface area contributed by atoms with E-state index in [9.17, 15) is 0 Å². The molecule has 0 aliphatic rings. The van der Waals surface area contributed by atoms with E-state index in [0.717, 1.165) is 13.0 Å². The van der Waals surface area contributed by atoms with E-state index in [2.05, 4.69) is 15.6 Å². The molecule has 0 rings (SSSR count). The molecule has 0 atom stereocenters. The third-order valence-corrected chi connectivity index (χ3v) is 1.02. The van der Waals surface area contributed by atoms with Crippen molar-refractivity contribution in [1.29, 1.82) is 5.41 Å². The summed E-state index contributed by atoms with van der Waals surface area (Å²) in [6, 6.07) is 0. The zero-order chi connectivity index (χ0) is 8.69. The van der Waals surface area contributed by atoms with Crippen LogP contribution in [0.25, 0.3) is 0 Å². The monoisotopic (exact) mass is 157 g/mol. The quantitative estimate of drug-likeness (QED) is 0.320. The Kier molecular flexibility index (Phi) is 4.89. The Bertz CT molecular complexity index is 151. The summed E-state index contributed by atoms with van der Waals surface area (Å²) in [6.45, 7) is 2.88. The van der Waals surface area contributed by atoms with Crippen LogP contribution < -0.4 is 16.4 Å². The van der Waals surface area contributed by atoms with Gasteiger partial charge in [-0.2, -0.15) is 0 Å². The zero-order valence-corrected chi connectivity index (χ0v) is 6.94. The van der Waals surface area contributed by atoms with Crippen molar-refractivity contribution < 1.29 is 0 Å². The molecular formula is C6H15N5. The van der Waals surface area contributed by atoms with Gasteiger partial charge < -0.3 is 11.1 Å². The standard InChI is InChI=1S/C6H15N5/c1-3-4-10-6(9-2)11-5(7)8/h3-4H2,1-2H3,(H5,7,8,9,10,11). The fourth-order valence-corrected chi connectivity index (χ4v) is 0.550. The number of nitrogens with zero attached hydrogens (tertiary/aromatic N) is 1. The van der Waals surface area contributed by atoms with Crippen LogP contribution in [-0.4, -0.2) is 25.5 Å². The van der Waals surface area contributed by atoms with E-state index in [1.807, 2.05) is 6.92 Å². The molecule has 0 heterocycles. The lowest BCUT2D eigenvalue weighted by Crippen LogP contribution is -2.44. The topological polar surface area (TPSA) is 86.3 Å². The number of hydrogen-bond acceptors (Lipinski definition) is 2. The molecule has 64 valence electrons. The Morgan fingerprint density at radius 3 is 2.64 bits per heavy atom. The predicted octanol–water partition coefficient (Wildman–Crippen LogP) is -0.545. The van der Waals surface area contributed by atoms with Gasteiger partial charge in [-0.25, -0.2) is 0 Å². The SMILES string of the molecule is CCCNC(=NC)NC(=N)N. The number of nitrogens with one attached hydrogen (secondary N) is 3. The third-order valence-electron chi connectivity index (χ3n) is 1.02. The molecule has 0 aliphatic carbocycles. The molecule has 5 nitrogen and oxygen atoms in total. The second-order valence-corrected chi connectivity index (χ2v) is 2.04. The molecule has 0 bridgehead atoms. The molecule has 0 saturated heterocycles. The maximum atomic E-state index is 6.91. The van der Waals surface area contributed by atoms with Crippen LogP contribution in [0.15, 0.2) is 4.99 Å². The van der Waals surface area contributed by atoms with Crippen molar-refractivity contribution in [2.45, 2.75) is 13.3 Å². The molecule has 0 radical (unpaired) electrons. The van der Waals surface area contributed by atoms with Crippen LogP contribution in [0.5, 0.6) is 0 Å². The van der Waals surface area contributed by atoms with E-state index in [1.165, 1.54) is 0 Å². The fraction of sp³-hybridized carbons (Fsp3) is 0.667. The van der Waals surface area contributed by atoms with Gasteiger partial charge >= 0.3 is 0 Å². The largest absolute Gasteiger partial charge is 0.370 e. The van der Waals surface area contributed by atoms with Crippen molar-refractivity contribution in [2.24, 2.45) is 10.7 Å². The normalized spacial score (nSPS) is 10.9. The molecule has 0 fully saturated rings. The molecule has 0 aliphatic heterocycles. The van der Waals surface area contributed by atoms with Crippen molar-refractivity contribution in [3.63, 3.8) is 0 Å². The Morgan fingerprint density at radius 1 is 1.64 bits per heavy atom. The maximum Gasteiger partial charge on any atom is 0.197 e. The summed E-state index contributed by atoms with van der Waals surface area (Å²) >= 11 is 0. The van der Waals surface area contributed by atoms with Crippen LogP contribution in [0.4, 0.5) is 0 Å². The van der Waals surface area contributed by atoms with E-state index in [-0.39, 0.29) is 5.96 Å². The Balaban J connectivity index is 3.69. The number of hydrogen-bond donors (Lipinski definition) is 4. The van der Waals surface area contributed by atoms with Crippen LogP contribution >= 0.6 is 0 Å². The lowest BCUT2D eigenvalue weighted by atomic mass is 10.5. The average molecular weight is 157 g/mol. The van der Waals surface area contributed by atoms with Gasteiger partial charge in [-0.3, -0.25) is 15.7 Å². The number of guanidine groups is 2. The van der Waals surface area contributed by atoms with Gasteiger partial charge in [-0.1, -0.05) is 6.92 Å². The molecule has 5 N–H and O–H groups in total. The maximum absolute atomic E-state index is 6.91. The summed E-state index contributed by atoms with van der Waals surface area (Å²) in [4.78, 5) is 3.84. The molecule has 0 aromatic rings. The highest BCUT2D eigenvalue weighted by molar-refractivity contribution is 5.96. The van der Waals surface area contributed by atoms with Gasteiger partial charge in [0.2, 0.25) is 0 Å². The zero-order valence-electron chi connectivity index (χ0n) is 6.94. The molecular weight excluding hydrogens is 142 g/mol. The van der Waals surface area contributed by atoms with Crippen LogP contribution in [0.1, 0.15) is 13.3 Å². The van der Waals surface area contributed by atoms with Crippen LogP contribution in [0.3, 0.4) is 0 Å². The number of aliphatic imine (C=N–C) groups is 1. The minimum Gasteiger partial charge on any atom is -0.370 e. The van der Waals surface area contributed by atoms with Gasteiger partial charge in [0.25, 0.3) is 0 Å². The summed E-state index contributed by atoms with van der Waals surface area (Å²) in [7, 11) is 1.63. The predicted molar refractivity (Wildman–Crippen MR) is 46.7 cm³/mol. The molecule has 0 saturated carbocycles. The lowest BCUT2D eigenvalue weighted by molar-refractivity contribution is 0.822. The first kappa shape index (κ1) is 9.74. The van der Waals surface area contributed by atoms with Crippen molar-refractivity contribution in [2.75, 3.05) is 13.6 Å². The Morgan fingerprint density at radius 2 is 2.27 bits per heavy atom. The van der Waals surface area contributed by atoms with Gasteiger partial charge in [0.15, 0.2) is 11.9 Å². The van der Waals surface area contributed by atoms with Crippen LogP contribution in [-0.2, 0) is 0 Å². The van der Waals surface area contributed by atoms with Crippen molar-refractivity contribution >= 4 is 11.9 Å². The minimum absolute atomic E-state index is 0.103. The van der Waals surface area contributed by atoms with Crippen LogP contribution in [0, 0.1) is 5.41 Å². The minimum atomic E-state index is -0.103. The number of rotatable bonds is 2. The third kappa shape index (κ3) is 5.20. The molecule has 5 heteroatoms. The van der Waals surface area contributed by atoms with E-state index in [0.29, 0.717) is 5.96 Å². The molecule has 0 spiro atoms. The van der Waals surface area contributed by atoms with E-state index >= 15 is 0 Å². The fourth-order valence-electron chi connectivity index (χ4n) is 0.550. The van der Waals surface area contributed by atoms with Gasteiger partial charge in [0.05, 0.1) is 0 Å². The van der Waals surface area contributed by atoms with Gasteiger partial charge in [0.1, 0.15) is 0 Å². The smallest absolute Gasteiger partial charge is 0.197 e. The molecule has 0 aromatic heterocycles. The Hall–Kier alpha value is -1.26. The summed E-state index contributed by atoms with van der Waals surface area (Å²) in [5, 5.41) is 12.4. The summed E-state index contributed by atoms with van der Waals surface area (Å²) < 4.78 is 0. The first-order valence-electron chi connectivity index (χ1n) is 3.52. The summed E-state index contributed by atoms with van der Waals surface area (Å²) in [5.41, 5.74) is 5.09. The van der Waals surface area contributed by atoms with Crippen molar-refractivity contribution in [1.82, 2.24) is 10.6 Å². The number of nitrogens with two attached hydrogens (primary N) is 1. The highest BCUT2D eigenvalue weighted by atomic mass is 15.2. The summed E-state index contributed by atoms with van der Waals surface area (Å²) in [5.74, 6) is 0.438. The van der Waals surface area contributed by atoms with E-state index in [1.54, 1.807) is 7.05 Å². The second-order valence-electron chi connectivity index (χ2n) is 2.04. The summed E-state index contributed by atoms with van der Waals surface area (Å²) in [6.07, 6.45) is 1.01. The first-order valence-corrected chi connectivity index (χ1v) is 3.52. The van der Waals surface area contributed by atoms with Gasteiger partial charge in [-0.05, 0) is 6.42 Å². The Labute approximate surface area is 66.6 Å². The molecule has 0 amide bonds. The highest BCUT2D eigenvalue weighted by Gasteiger charge is 1.94. The molecule has 0 unspecified atom stereocenters. The first-order chi connectivity index (χ1) is 5.20. The second kappa shape index (κ2) is 5.52. The molecule has 0 aromatic carbocycles. The van der Waals surface area contributed by atoms with Crippen molar-refractivity contribution in [3.05, 3.63) is 0 Å². The average Bonchev–Trinajstić information content (AvgIpc) is 1.97. The van der Waals surface area contributed by atoms with E-state index in [4.69, 9.17) is 11.1 Å². The van der Waals surface area contributed by atoms with Gasteiger partial charge in [0, 0.05) is 13.6 Å². The van der Waals surface area contributed by atoms with Crippen LogP contribution in [0.2, 0.25) is 0 Å².